The molecule has 2 atom stereocenters. The van der Waals surface area contributed by atoms with Gasteiger partial charge in [-0.15, -0.1) is 0 Å². The minimum absolute atomic E-state index is 0.411. The number of nitrogens with one attached hydrogen (secondary N) is 1. The predicted molar refractivity (Wildman–Crippen MR) is 104 cm³/mol. The molecule has 2 aliphatic rings. The molecule has 8 heteroatoms. The van der Waals surface area contributed by atoms with E-state index in [2.05, 4.69) is 27.0 Å². The third-order valence-electron chi connectivity index (χ3n) is 5.77. The van der Waals surface area contributed by atoms with Crippen LogP contribution < -0.4 is 5.32 Å². The maximum absolute atomic E-state index is 12.9. The highest BCUT2D eigenvalue weighted by molar-refractivity contribution is 5.79. The molecule has 2 rings (SSSR count). The van der Waals surface area contributed by atoms with E-state index in [0.29, 0.717) is 26.2 Å². The van der Waals surface area contributed by atoms with E-state index in [4.69, 9.17) is 0 Å². The first-order valence-electron chi connectivity index (χ1n) is 10.3. The highest BCUT2D eigenvalue weighted by Crippen LogP contribution is 2.25. The Balaban J connectivity index is 1.63. The Labute approximate surface area is 162 Å². The summed E-state index contributed by atoms with van der Waals surface area (Å²) in [5.41, 5.74) is 0. The third-order valence-corrected chi connectivity index (χ3v) is 5.77. The Morgan fingerprint density at radius 1 is 1.15 bits per heavy atom. The summed E-state index contributed by atoms with van der Waals surface area (Å²) >= 11 is 0. The van der Waals surface area contributed by atoms with Crippen molar-refractivity contribution in [3.8, 4) is 0 Å². The second-order valence-electron chi connectivity index (χ2n) is 7.97. The lowest BCUT2D eigenvalue weighted by molar-refractivity contribution is -0.181. The van der Waals surface area contributed by atoms with E-state index in [1.165, 1.54) is 37.8 Å². The fourth-order valence-corrected chi connectivity index (χ4v) is 4.01. The zero-order valence-electron chi connectivity index (χ0n) is 17.1. The van der Waals surface area contributed by atoms with Gasteiger partial charge in [0.15, 0.2) is 5.96 Å². The normalized spacial score (nSPS) is 24.9. The van der Waals surface area contributed by atoms with Crippen molar-refractivity contribution in [2.45, 2.75) is 51.7 Å². The number of rotatable bonds is 6. The zero-order chi connectivity index (χ0) is 19.9. The summed E-state index contributed by atoms with van der Waals surface area (Å²) in [4.78, 5) is 10.4. The molecule has 2 fully saturated rings. The summed E-state index contributed by atoms with van der Waals surface area (Å²) < 4.78 is 38.6. The molecule has 5 nitrogen and oxygen atoms in total. The van der Waals surface area contributed by atoms with Crippen molar-refractivity contribution in [1.82, 2.24) is 20.0 Å². The number of piperidine rings is 1. The monoisotopic (exact) mass is 391 g/mol. The lowest BCUT2D eigenvalue weighted by atomic mass is 10.0. The lowest BCUT2D eigenvalue weighted by Gasteiger charge is -2.39. The van der Waals surface area contributed by atoms with Gasteiger partial charge in [-0.3, -0.25) is 9.89 Å². The number of guanidine groups is 1. The highest BCUT2D eigenvalue weighted by atomic mass is 19.4. The molecule has 0 amide bonds. The molecule has 2 saturated heterocycles. The molecule has 158 valence electrons. The van der Waals surface area contributed by atoms with Gasteiger partial charge in [-0.1, -0.05) is 6.92 Å². The molecular weight excluding hydrogens is 355 g/mol. The van der Waals surface area contributed by atoms with Crippen molar-refractivity contribution in [3.05, 3.63) is 0 Å². The summed E-state index contributed by atoms with van der Waals surface area (Å²) in [6.45, 7) is 9.99. The number of unbranched alkanes of at least 4 members (excludes halogenated alkanes) is 1. The van der Waals surface area contributed by atoms with E-state index < -0.39 is 12.2 Å². The van der Waals surface area contributed by atoms with Gasteiger partial charge in [0.1, 0.15) is 6.04 Å². The summed E-state index contributed by atoms with van der Waals surface area (Å²) in [5.74, 6) is 1.62. The minimum Gasteiger partial charge on any atom is -0.356 e. The SMILES string of the molecule is CN=C(NCCCCN1CCCC(C)C1)N1CCN(C(C)C(F)(F)F)CC1. The molecule has 2 unspecified atom stereocenters. The lowest BCUT2D eigenvalue weighted by Crippen LogP contribution is -2.56. The Hall–Kier alpha value is -1.02. The van der Waals surface area contributed by atoms with Gasteiger partial charge in [0.05, 0.1) is 0 Å². The molecule has 0 radical (unpaired) electrons. The molecular formula is C19H36F3N5. The Morgan fingerprint density at radius 3 is 2.44 bits per heavy atom. The number of hydrogen-bond donors (Lipinski definition) is 1. The van der Waals surface area contributed by atoms with Crippen molar-refractivity contribution in [2.75, 3.05) is 59.4 Å². The Kier molecular flexibility index (Phi) is 8.66. The fraction of sp³-hybridized carbons (Fsp3) is 0.947. The summed E-state index contributed by atoms with van der Waals surface area (Å²) in [6, 6.07) is -1.38. The summed E-state index contributed by atoms with van der Waals surface area (Å²) in [6.07, 6.45) is 0.741. The number of aliphatic imine (C=N–C) groups is 1. The molecule has 0 saturated carbocycles. The molecule has 0 aromatic carbocycles. The van der Waals surface area contributed by atoms with Crippen molar-refractivity contribution < 1.29 is 13.2 Å². The van der Waals surface area contributed by atoms with Crippen LogP contribution in [0.4, 0.5) is 13.2 Å². The van der Waals surface area contributed by atoms with E-state index in [0.717, 1.165) is 37.8 Å². The van der Waals surface area contributed by atoms with Gasteiger partial charge in [-0.2, -0.15) is 13.2 Å². The average Bonchev–Trinajstić information content (AvgIpc) is 2.63. The van der Waals surface area contributed by atoms with Gasteiger partial charge >= 0.3 is 6.18 Å². The Bertz CT molecular complexity index is 461. The van der Waals surface area contributed by atoms with E-state index in [1.807, 2.05) is 0 Å². The van der Waals surface area contributed by atoms with E-state index in [9.17, 15) is 13.2 Å². The highest BCUT2D eigenvalue weighted by Gasteiger charge is 2.41. The third kappa shape index (κ3) is 7.14. The van der Waals surface area contributed by atoms with Crippen LogP contribution in [-0.2, 0) is 0 Å². The van der Waals surface area contributed by atoms with Crippen LogP contribution in [0, 0.1) is 5.92 Å². The molecule has 0 aromatic rings. The van der Waals surface area contributed by atoms with Crippen LogP contribution in [0.15, 0.2) is 4.99 Å². The smallest absolute Gasteiger partial charge is 0.356 e. The van der Waals surface area contributed by atoms with Gasteiger partial charge in [0.25, 0.3) is 0 Å². The van der Waals surface area contributed by atoms with Gasteiger partial charge in [0.2, 0.25) is 0 Å². The number of halogens is 3. The standard InChI is InChI=1S/C19H36F3N5/c1-16-7-6-10-25(15-16)9-5-4-8-24-18(23-3)27-13-11-26(12-14-27)17(2)19(20,21)22/h16-17H,4-15H2,1-3H3,(H,23,24). The molecule has 2 heterocycles. The van der Waals surface area contributed by atoms with Gasteiger partial charge in [0, 0.05) is 46.3 Å². The summed E-state index contributed by atoms with van der Waals surface area (Å²) in [5, 5.41) is 3.38. The van der Waals surface area contributed by atoms with Crippen molar-refractivity contribution in [1.29, 1.82) is 0 Å². The van der Waals surface area contributed by atoms with E-state index in [-0.39, 0.29) is 0 Å². The maximum atomic E-state index is 12.9. The fourth-order valence-electron chi connectivity index (χ4n) is 4.01. The van der Waals surface area contributed by atoms with Crippen LogP contribution in [0.2, 0.25) is 0 Å². The zero-order valence-corrected chi connectivity index (χ0v) is 17.1. The maximum Gasteiger partial charge on any atom is 0.403 e. The van der Waals surface area contributed by atoms with Crippen molar-refractivity contribution in [3.63, 3.8) is 0 Å². The topological polar surface area (TPSA) is 34.1 Å². The number of alkyl halides is 3. The largest absolute Gasteiger partial charge is 0.403 e. The molecule has 27 heavy (non-hydrogen) atoms. The number of nitrogens with zero attached hydrogens (tertiary/aromatic N) is 4. The second-order valence-corrected chi connectivity index (χ2v) is 7.97. The molecule has 0 bridgehead atoms. The first-order chi connectivity index (χ1) is 12.8. The number of piperazine rings is 1. The van der Waals surface area contributed by atoms with Crippen LogP contribution in [0.25, 0.3) is 0 Å². The van der Waals surface area contributed by atoms with Crippen LogP contribution in [-0.4, -0.2) is 92.3 Å². The van der Waals surface area contributed by atoms with E-state index >= 15 is 0 Å². The van der Waals surface area contributed by atoms with Gasteiger partial charge in [-0.25, -0.2) is 0 Å². The van der Waals surface area contributed by atoms with E-state index in [1.54, 1.807) is 7.05 Å². The van der Waals surface area contributed by atoms with Crippen LogP contribution in [0.1, 0.15) is 39.5 Å². The molecule has 0 spiro atoms. The first-order valence-corrected chi connectivity index (χ1v) is 10.3. The Morgan fingerprint density at radius 2 is 1.85 bits per heavy atom. The quantitative estimate of drug-likeness (QED) is 0.429. The van der Waals surface area contributed by atoms with Crippen molar-refractivity contribution >= 4 is 5.96 Å². The second kappa shape index (κ2) is 10.5. The number of likely N-dealkylation sites (tertiary alicyclic amines) is 1. The number of hydrogen-bond acceptors (Lipinski definition) is 3. The predicted octanol–water partition coefficient (Wildman–Crippen LogP) is 2.64. The van der Waals surface area contributed by atoms with Crippen LogP contribution in [0.3, 0.4) is 0 Å². The summed E-state index contributed by atoms with van der Waals surface area (Å²) in [7, 11) is 1.74. The van der Waals surface area contributed by atoms with Gasteiger partial charge in [-0.05, 0) is 51.6 Å². The van der Waals surface area contributed by atoms with Crippen LogP contribution >= 0.6 is 0 Å². The average molecular weight is 392 g/mol. The first kappa shape index (κ1) is 22.3. The van der Waals surface area contributed by atoms with Crippen LogP contribution in [0.5, 0.6) is 0 Å². The van der Waals surface area contributed by atoms with Gasteiger partial charge < -0.3 is 15.1 Å². The van der Waals surface area contributed by atoms with Crippen molar-refractivity contribution in [2.24, 2.45) is 10.9 Å². The minimum atomic E-state index is -4.16. The molecule has 0 aromatic heterocycles. The molecule has 2 aliphatic heterocycles. The molecule has 1 N–H and O–H groups in total. The molecule has 0 aliphatic carbocycles.